The predicted molar refractivity (Wildman–Crippen MR) is 84.8 cm³/mol. The third-order valence-electron chi connectivity index (χ3n) is 2.76. The second-order valence-corrected chi connectivity index (χ2v) is 6.15. The number of fused-ring (bicyclic) bond motifs is 1. The number of thiophene rings is 1. The number of thioether (sulfide) groups is 1. The zero-order valence-corrected chi connectivity index (χ0v) is 12.7. The minimum atomic E-state index is 0.566. The molecular weight excluding hydrogens is 302 g/mol. The molecule has 4 nitrogen and oxygen atoms in total. The van der Waals surface area contributed by atoms with E-state index in [0.717, 1.165) is 26.7 Å². The number of hydrogen-bond donors (Lipinski definition) is 0. The molecule has 6 heteroatoms. The van der Waals surface area contributed by atoms with Gasteiger partial charge >= 0.3 is 0 Å². The Balaban J connectivity index is 1.57. The molecule has 2 aromatic heterocycles. The molecule has 1 aromatic carbocycles. The summed E-state index contributed by atoms with van der Waals surface area (Å²) in [7, 11) is 0. The van der Waals surface area contributed by atoms with Gasteiger partial charge in [-0.05, 0) is 29.6 Å². The van der Waals surface area contributed by atoms with Gasteiger partial charge < -0.3 is 4.74 Å². The highest BCUT2D eigenvalue weighted by Gasteiger charge is 2.05. The summed E-state index contributed by atoms with van der Waals surface area (Å²) in [4.78, 5) is 8.54. The van der Waals surface area contributed by atoms with Crippen LogP contribution in [0.2, 0.25) is 0 Å². The van der Waals surface area contributed by atoms with Crippen molar-refractivity contribution in [1.29, 1.82) is 5.26 Å². The summed E-state index contributed by atoms with van der Waals surface area (Å²) >= 11 is 3.30. The van der Waals surface area contributed by atoms with Gasteiger partial charge in [0.25, 0.3) is 0 Å². The van der Waals surface area contributed by atoms with E-state index in [1.165, 1.54) is 0 Å². The van der Waals surface area contributed by atoms with Crippen molar-refractivity contribution in [2.75, 3.05) is 12.4 Å². The van der Waals surface area contributed by atoms with E-state index in [1.54, 1.807) is 41.6 Å². The molecule has 21 heavy (non-hydrogen) atoms. The summed E-state index contributed by atoms with van der Waals surface area (Å²) < 4.78 is 6.77. The first-order valence-corrected chi connectivity index (χ1v) is 8.17. The lowest BCUT2D eigenvalue weighted by Crippen LogP contribution is -2.00. The third kappa shape index (κ3) is 3.32. The van der Waals surface area contributed by atoms with Crippen LogP contribution in [0.5, 0.6) is 5.75 Å². The molecule has 0 atom stereocenters. The minimum absolute atomic E-state index is 0.566. The van der Waals surface area contributed by atoms with Crippen LogP contribution in [0.15, 0.2) is 47.1 Å². The molecule has 0 fully saturated rings. The van der Waals surface area contributed by atoms with Gasteiger partial charge in [-0.25, -0.2) is 9.97 Å². The molecule has 0 aliphatic rings. The van der Waals surface area contributed by atoms with Crippen molar-refractivity contribution >= 4 is 33.3 Å². The molecule has 0 radical (unpaired) electrons. The van der Waals surface area contributed by atoms with E-state index < -0.39 is 0 Å². The Morgan fingerprint density at radius 1 is 1.29 bits per heavy atom. The van der Waals surface area contributed by atoms with Crippen molar-refractivity contribution in [2.45, 2.75) is 5.03 Å². The van der Waals surface area contributed by atoms with Gasteiger partial charge in [-0.15, -0.1) is 23.1 Å². The lowest BCUT2D eigenvalue weighted by molar-refractivity contribution is 0.344. The molecule has 0 aliphatic heterocycles. The average molecular weight is 313 g/mol. The smallest absolute Gasteiger partial charge is 0.120 e. The number of aromatic nitrogens is 2. The van der Waals surface area contributed by atoms with Crippen molar-refractivity contribution < 1.29 is 4.74 Å². The van der Waals surface area contributed by atoms with Crippen LogP contribution in [0.25, 0.3) is 10.2 Å². The zero-order chi connectivity index (χ0) is 14.5. The second kappa shape index (κ2) is 6.57. The molecule has 0 unspecified atom stereocenters. The fourth-order valence-corrected chi connectivity index (χ4v) is 3.59. The molecule has 0 bridgehead atoms. The van der Waals surface area contributed by atoms with Gasteiger partial charge in [0.1, 0.15) is 17.1 Å². The lowest BCUT2D eigenvalue weighted by Gasteiger charge is -2.06. The van der Waals surface area contributed by atoms with Crippen LogP contribution in [-0.2, 0) is 0 Å². The maximum absolute atomic E-state index is 8.84. The number of hydrogen-bond acceptors (Lipinski definition) is 6. The first-order valence-electron chi connectivity index (χ1n) is 6.31. The first kappa shape index (κ1) is 13.9. The first-order chi connectivity index (χ1) is 10.4. The van der Waals surface area contributed by atoms with Gasteiger partial charge in [0, 0.05) is 5.75 Å². The van der Waals surface area contributed by atoms with Gasteiger partial charge in [0.05, 0.1) is 28.5 Å². The highest BCUT2D eigenvalue weighted by molar-refractivity contribution is 7.99. The largest absolute Gasteiger partial charge is 0.493 e. The Kier molecular flexibility index (Phi) is 4.34. The normalized spacial score (nSPS) is 10.4. The average Bonchev–Trinajstić information content (AvgIpc) is 3.01. The zero-order valence-electron chi connectivity index (χ0n) is 11.0. The monoisotopic (exact) mass is 313 g/mol. The van der Waals surface area contributed by atoms with E-state index in [0.29, 0.717) is 12.2 Å². The molecule has 0 amide bonds. The Morgan fingerprint density at radius 2 is 2.24 bits per heavy atom. The molecule has 0 aliphatic carbocycles. The van der Waals surface area contributed by atoms with Crippen LogP contribution >= 0.6 is 23.1 Å². The Morgan fingerprint density at radius 3 is 3.14 bits per heavy atom. The second-order valence-electron chi connectivity index (χ2n) is 4.15. The molecule has 2 heterocycles. The summed E-state index contributed by atoms with van der Waals surface area (Å²) in [5.74, 6) is 1.51. The van der Waals surface area contributed by atoms with E-state index in [9.17, 15) is 0 Å². The molecule has 0 spiro atoms. The summed E-state index contributed by atoms with van der Waals surface area (Å²) in [5, 5.41) is 11.9. The van der Waals surface area contributed by atoms with Crippen molar-refractivity contribution in [3.63, 3.8) is 0 Å². The molecule has 104 valence electrons. The molecule has 0 N–H and O–H groups in total. The van der Waals surface area contributed by atoms with Crippen LogP contribution in [0.1, 0.15) is 5.56 Å². The molecule has 0 saturated heterocycles. The molecular formula is C15H11N3OS2. The number of ether oxygens (including phenoxy) is 1. The highest BCUT2D eigenvalue weighted by atomic mass is 32.2. The van der Waals surface area contributed by atoms with Crippen LogP contribution in [0.3, 0.4) is 0 Å². The SMILES string of the molecule is N#Cc1cccc(OCCSc2ncnc3ccsc23)c1. The molecule has 0 saturated carbocycles. The summed E-state index contributed by atoms with van der Waals surface area (Å²) in [5.41, 5.74) is 1.59. The quantitative estimate of drug-likeness (QED) is 0.408. The number of nitriles is 1. The predicted octanol–water partition coefficient (Wildman–Crippen LogP) is 3.73. The van der Waals surface area contributed by atoms with Crippen molar-refractivity contribution in [3.05, 3.63) is 47.6 Å². The molecule has 3 aromatic rings. The van der Waals surface area contributed by atoms with Crippen molar-refractivity contribution in [2.24, 2.45) is 0 Å². The van der Waals surface area contributed by atoms with Crippen LogP contribution < -0.4 is 4.74 Å². The Bertz CT molecular complexity index is 795. The maximum Gasteiger partial charge on any atom is 0.120 e. The van der Waals surface area contributed by atoms with Gasteiger partial charge in [0.15, 0.2) is 0 Å². The van der Waals surface area contributed by atoms with E-state index in [1.807, 2.05) is 23.6 Å². The van der Waals surface area contributed by atoms with E-state index >= 15 is 0 Å². The number of benzene rings is 1. The van der Waals surface area contributed by atoms with Crippen molar-refractivity contribution in [1.82, 2.24) is 9.97 Å². The minimum Gasteiger partial charge on any atom is -0.493 e. The number of nitrogens with zero attached hydrogens (tertiary/aromatic N) is 3. The summed E-state index contributed by atoms with van der Waals surface area (Å²) in [6, 6.07) is 11.3. The van der Waals surface area contributed by atoms with Gasteiger partial charge in [-0.1, -0.05) is 6.07 Å². The third-order valence-corrected chi connectivity index (χ3v) is 4.76. The standard InChI is InChI=1S/C15H11N3OS2/c16-9-11-2-1-3-12(8-11)19-5-7-21-15-14-13(4-6-20-14)17-10-18-15/h1-4,6,8,10H,5,7H2. The van der Waals surface area contributed by atoms with E-state index in [-0.39, 0.29) is 0 Å². The lowest BCUT2D eigenvalue weighted by atomic mass is 10.2. The van der Waals surface area contributed by atoms with E-state index in [2.05, 4.69) is 16.0 Å². The van der Waals surface area contributed by atoms with Gasteiger partial charge in [-0.3, -0.25) is 0 Å². The van der Waals surface area contributed by atoms with E-state index in [4.69, 9.17) is 10.00 Å². The topological polar surface area (TPSA) is 58.8 Å². The van der Waals surface area contributed by atoms with Gasteiger partial charge in [-0.2, -0.15) is 5.26 Å². The fourth-order valence-electron chi connectivity index (χ4n) is 1.82. The number of rotatable bonds is 5. The molecule has 3 rings (SSSR count). The summed E-state index contributed by atoms with van der Waals surface area (Å²) in [6.45, 7) is 0.566. The van der Waals surface area contributed by atoms with Crippen LogP contribution in [-0.4, -0.2) is 22.3 Å². The van der Waals surface area contributed by atoms with Crippen LogP contribution in [0.4, 0.5) is 0 Å². The Hall–Kier alpha value is -2.10. The highest BCUT2D eigenvalue weighted by Crippen LogP contribution is 2.28. The van der Waals surface area contributed by atoms with Crippen LogP contribution in [0, 0.1) is 11.3 Å². The summed E-state index contributed by atoms with van der Waals surface area (Å²) in [6.07, 6.45) is 1.59. The Labute approximate surface area is 130 Å². The fraction of sp³-hybridized carbons (Fsp3) is 0.133. The van der Waals surface area contributed by atoms with Crippen molar-refractivity contribution in [3.8, 4) is 11.8 Å². The van der Waals surface area contributed by atoms with Gasteiger partial charge in [0.2, 0.25) is 0 Å². The maximum atomic E-state index is 8.84.